The summed E-state index contributed by atoms with van der Waals surface area (Å²) in [7, 11) is 0. The van der Waals surface area contributed by atoms with Gasteiger partial charge in [0.2, 0.25) is 5.95 Å². The lowest BCUT2D eigenvalue weighted by molar-refractivity contribution is 0.953. The van der Waals surface area contributed by atoms with Crippen LogP contribution >= 0.6 is 11.3 Å². The van der Waals surface area contributed by atoms with E-state index in [0.717, 1.165) is 71.6 Å². The van der Waals surface area contributed by atoms with Crippen molar-refractivity contribution in [2.24, 2.45) is 0 Å². The maximum atomic E-state index is 5.33. The van der Waals surface area contributed by atoms with E-state index in [0.29, 0.717) is 17.6 Å². The van der Waals surface area contributed by atoms with E-state index in [4.69, 9.17) is 19.9 Å². The minimum Gasteiger partial charge on any atom is -0.278 e. The first-order chi connectivity index (χ1) is 28.7. The van der Waals surface area contributed by atoms with Crippen molar-refractivity contribution in [3.05, 3.63) is 188 Å². The molecule has 6 heteroatoms. The van der Waals surface area contributed by atoms with Gasteiger partial charge in [0.15, 0.2) is 11.6 Å². The molecule has 0 aliphatic rings. The molecule has 270 valence electrons. The Bertz CT molecular complexity index is 3520. The standard InChI is InChI=1S/C52H31N5S/c1-3-14-32(15-4-1)49-40-27-29-46-48(39-22-9-12-25-45(39)58-46)47(40)41-31-35(26-28-42(41)53-49)34-18-13-19-36(30-34)51-54-50(33-16-5-2-6-17-33)55-52(56-51)57-43-23-10-7-20-37(43)38-21-8-11-24-44(38)57/h1-31H. The molecular weight excluding hydrogens is 727 g/mol. The number of rotatable bonds is 5. The van der Waals surface area contributed by atoms with E-state index in [2.05, 4.69) is 174 Å². The zero-order valence-electron chi connectivity index (χ0n) is 31.0. The zero-order chi connectivity index (χ0) is 38.2. The van der Waals surface area contributed by atoms with Gasteiger partial charge in [-0.2, -0.15) is 9.97 Å². The Labute approximate surface area is 337 Å². The quantitative estimate of drug-likeness (QED) is 0.164. The molecule has 0 aliphatic carbocycles. The van der Waals surface area contributed by atoms with Crippen LogP contribution in [-0.2, 0) is 0 Å². The summed E-state index contributed by atoms with van der Waals surface area (Å²) in [5, 5.41) is 8.39. The van der Waals surface area contributed by atoms with Crippen LogP contribution in [0.3, 0.4) is 0 Å². The fourth-order valence-corrected chi connectivity index (χ4v) is 9.70. The van der Waals surface area contributed by atoms with Gasteiger partial charge in [-0.15, -0.1) is 11.3 Å². The number of hydrogen-bond acceptors (Lipinski definition) is 5. The average Bonchev–Trinajstić information content (AvgIpc) is 3.85. The molecule has 4 aromatic heterocycles. The Morgan fingerprint density at radius 3 is 1.71 bits per heavy atom. The lowest BCUT2D eigenvalue weighted by Gasteiger charge is -2.14. The second-order valence-corrected chi connectivity index (χ2v) is 15.7. The molecule has 4 heterocycles. The van der Waals surface area contributed by atoms with Crippen LogP contribution in [0.25, 0.3) is 115 Å². The largest absolute Gasteiger partial charge is 0.278 e. The number of thiophene rings is 1. The van der Waals surface area contributed by atoms with Crippen molar-refractivity contribution < 1.29 is 0 Å². The summed E-state index contributed by atoms with van der Waals surface area (Å²) < 4.78 is 4.72. The van der Waals surface area contributed by atoms with E-state index in [1.807, 2.05) is 29.5 Å². The van der Waals surface area contributed by atoms with Gasteiger partial charge in [-0.1, -0.05) is 146 Å². The van der Waals surface area contributed by atoms with Crippen LogP contribution in [0.4, 0.5) is 0 Å². The van der Waals surface area contributed by atoms with Crippen LogP contribution in [0.5, 0.6) is 0 Å². The molecular formula is C52H31N5S. The summed E-state index contributed by atoms with van der Waals surface area (Å²) in [6.07, 6.45) is 0. The second kappa shape index (κ2) is 13.0. The first kappa shape index (κ1) is 32.7. The number of para-hydroxylation sites is 2. The van der Waals surface area contributed by atoms with Gasteiger partial charge >= 0.3 is 0 Å². The maximum Gasteiger partial charge on any atom is 0.238 e. The summed E-state index contributed by atoms with van der Waals surface area (Å²) in [6.45, 7) is 0. The highest BCUT2D eigenvalue weighted by molar-refractivity contribution is 7.26. The van der Waals surface area contributed by atoms with E-state index in [-0.39, 0.29) is 0 Å². The van der Waals surface area contributed by atoms with E-state index in [1.165, 1.54) is 25.6 Å². The van der Waals surface area contributed by atoms with Crippen LogP contribution in [0.15, 0.2) is 188 Å². The lowest BCUT2D eigenvalue weighted by Crippen LogP contribution is -2.06. The van der Waals surface area contributed by atoms with E-state index < -0.39 is 0 Å². The van der Waals surface area contributed by atoms with Crippen LogP contribution in [-0.4, -0.2) is 24.5 Å². The molecule has 5 nitrogen and oxygen atoms in total. The van der Waals surface area contributed by atoms with E-state index >= 15 is 0 Å². The maximum absolute atomic E-state index is 5.33. The first-order valence-corrected chi connectivity index (χ1v) is 20.2. The Balaban J connectivity index is 1.07. The van der Waals surface area contributed by atoms with Gasteiger partial charge in [0.05, 0.1) is 22.2 Å². The smallest absolute Gasteiger partial charge is 0.238 e. The predicted molar refractivity (Wildman–Crippen MR) is 242 cm³/mol. The monoisotopic (exact) mass is 757 g/mol. The third-order valence-electron chi connectivity index (χ3n) is 11.2. The molecule has 0 saturated carbocycles. The minimum absolute atomic E-state index is 0.580. The lowest BCUT2D eigenvalue weighted by atomic mass is 9.94. The molecule has 12 aromatic rings. The first-order valence-electron chi connectivity index (χ1n) is 19.4. The van der Waals surface area contributed by atoms with E-state index in [9.17, 15) is 0 Å². The highest BCUT2D eigenvalue weighted by Gasteiger charge is 2.20. The molecule has 12 rings (SSSR count). The molecule has 0 radical (unpaired) electrons. The molecule has 0 fully saturated rings. The van der Waals surface area contributed by atoms with Gasteiger partial charge < -0.3 is 0 Å². The van der Waals surface area contributed by atoms with Gasteiger partial charge in [-0.05, 0) is 53.6 Å². The number of pyridine rings is 1. The molecule has 0 unspecified atom stereocenters. The van der Waals surface area contributed by atoms with Crippen LogP contribution in [0, 0.1) is 0 Å². The predicted octanol–water partition coefficient (Wildman–Crippen LogP) is 13.7. The molecule has 0 bridgehead atoms. The van der Waals surface area contributed by atoms with Crippen LogP contribution in [0.2, 0.25) is 0 Å². The summed E-state index contributed by atoms with van der Waals surface area (Å²) in [5.74, 6) is 1.81. The SMILES string of the molecule is c1ccc(-c2nc(-c3cccc(-c4ccc5nc(-c6ccccc6)c6ccc7sc8ccccc8c7c6c5c4)c3)nc(-n3c4ccccc4c4ccccc43)n2)cc1. The average molecular weight is 758 g/mol. The van der Waals surface area contributed by atoms with Crippen LogP contribution in [0.1, 0.15) is 0 Å². The van der Waals surface area contributed by atoms with Crippen molar-refractivity contribution in [3.8, 4) is 51.1 Å². The summed E-state index contributed by atoms with van der Waals surface area (Å²) in [4.78, 5) is 20.8. The number of aromatic nitrogens is 5. The fraction of sp³-hybridized carbons (Fsp3) is 0. The zero-order valence-corrected chi connectivity index (χ0v) is 31.9. The Morgan fingerprint density at radius 2 is 0.948 bits per heavy atom. The van der Waals surface area contributed by atoms with Crippen molar-refractivity contribution in [2.75, 3.05) is 0 Å². The summed E-state index contributed by atoms with van der Waals surface area (Å²) in [6, 6.07) is 66.1. The Hall–Kier alpha value is -7.54. The highest BCUT2D eigenvalue weighted by atomic mass is 32.1. The van der Waals surface area contributed by atoms with Gasteiger partial charge in [0.1, 0.15) is 0 Å². The normalized spacial score (nSPS) is 11.8. The summed E-state index contributed by atoms with van der Waals surface area (Å²) in [5.41, 5.74) is 9.18. The second-order valence-electron chi connectivity index (χ2n) is 14.6. The van der Waals surface area contributed by atoms with Crippen molar-refractivity contribution in [1.29, 1.82) is 0 Å². The van der Waals surface area contributed by atoms with Gasteiger partial charge in [0, 0.05) is 63.8 Å². The third-order valence-corrected chi connectivity index (χ3v) is 12.4. The van der Waals surface area contributed by atoms with Crippen molar-refractivity contribution in [3.63, 3.8) is 0 Å². The van der Waals surface area contributed by atoms with Crippen molar-refractivity contribution >= 4 is 75.0 Å². The number of hydrogen-bond donors (Lipinski definition) is 0. The summed E-state index contributed by atoms with van der Waals surface area (Å²) >= 11 is 1.85. The molecule has 0 spiro atoms. The minimum atomic E-state index is 0.580. The van der Waals surface area contributed by atoms with Crippen LogP contribution < -0.4 is 0 Å². The fourth-order valence-electron chi connectivity index (χ4n) is 8.59. The van der Waals surface area contributed by atoms with Crippen molar-refractivity contribution in [2.45, 2.75) is 0 Å². The molecule has 0 N–H and O–H groups in total. The number of benzene rings is 8. The molecule has 0 aliphatic heterocycles. The molecule has 8 aromatic carbocycles. The molecule has 0 atom stereocenters. The number of nitrogens with zero attached hydrogens (tertiary/aromatic N) is 5. The topological polar surface area (TPSA) is 56.5 Å². The Morgan fingerprint density at radius 1 is 0.345 bits per heavy atom. The highest BCUT2D eigenvalue weighted by Crippen LogP contribution is 2.44. The van der Waals surface area contributed by atoms with Gasteiger partial charge in [-0.3, -0.25) is 4.57 Å². The van der Waals surface area contributed by atoms with Gasteiger partial charge in [-0.25, -0.2) is 9.97 Å². The van der Waals surface area contributed by atoms with Gasteiger partial charge in [0.25, 0.3) is 0 Å². The van der Waals surface area contributed by atoms with E-state index in [1.54, 1.807) is 0 Å². The Kier molecular flexibility index (Phi) is 7.33. The molecule has 0 saturated heterocycles. The van der Waals surface area contributed by atoms with Crippen molar-refractivity contribution in [1.82, 2.24) is 24.5 Å². The molecule has 0 amide bonds. The third kappa shape index (κ3) is 5.16. The molecule has 58 heavy (non-hydrogen) atoms. The number of fused-ring (bicyclic) bond motifs is 10.